The van der Waals surface area contributed by atoms with Gasteiger partial charge in [0.05, 0.1) is 37.4 Å². The van der Waals surface area contributed by atoms with Gasteiger partial charge in [-0.1, -0.05) is 24.2 Å². The molecule has 62 heavy (non-hydrogen) atoms. The highest BCUT2D eigenvalue weighted by molar-refractivity contribution is 7.92. The van der Waals surface area contributed by atoms with E-state index in [-0.39, 0.29) is 36.3 Å². The van der Waals surface area contributed by atoms with E-state index in [0.717, 1.165) is 28.5 Å². The third kappa shape index (κ3) is 7.14. The Morgan fingerprint density at radius 1 is 1.08 bits per heavy atom. The van der Waals surface area contributed by atoms with Crippen LogP contribution in [-0.2, 0) is 19.9 Å². The number of hydrogen-bond donors (Lipinski definition) is 3. The lowest BCUT2D eigenvalue weighted by atomic mass is 9.88. The molecule has 5 heterocycles. The van der Waals surface area contributed by atoms with Crippen molar-refractivity contribution in [3.63, 3.8) is 0 Å². The van der Waals surface area contributed by atoms with Gasteiger partial charge in [-0.25, -0.2) is 28.0 Å². The van der Waals surface area contributed by atoms with E-state index < -0.39 is 32.6 Å². The molecule has 2 fully saturated rings. The highest BCUT2D eigenvalue weighted by Crippen LogP contribution is 2.57. The number of rotatable bonds is 9. The van der Waals surface area contributed by atoms with Crippen LogP contribution in [0, 0.1) is 24.4 Å². The number of aliphatic imine (C=N–C) groups is 1. The topological polar surface area (TPSA) is 195 Å². The first-order chi connectivity index (χ1) is 29.7. The van der Waals surface area contributed by atoms with Crippen LogP contribution in [0.4, 0.5) is 10.1 Å². The van der Waals surface area contributed by atoms with Crippen molar-refractivity contribution in [2.75, 3.05) is 25.5 Å². The number of hydrogen-bond acceptors (Lipinski definition) is 11. The lowest BCUT2D eigenvalue weighted by Gasteiger charge is -2.36. The number of halogens is 1. The summed E-state index contributed by atoms with van der Waals surface area (Å²) in [6, 6.07) is 15.4. The number of imidazole rings is 1. The molecule has 3 aromatic carbocycles. The fraction of sp³-hybridized carbons (Fsp3) is 0.356. The molecule has 1 saturated carbocycles. The van der Waals surface area contributed by atoms with Crippen LogP contribution in [0.2, 0.25) is 0 Å². The first-order valence-electron chi connectivity index (χ1n) is 20.7. The van der Waals surface area contributed by atoms with Crippen LogP contribution < -0.4 is 17.2 Å². The average molecular weight is 879 g/mol. The van der Waals surface area contributed by atoms with E-state index in [1.807, 2.05) is 6.92 Å². The molecule has 322 valence electrons. The molecule has 2 aliphatic heterocycles. The first-order valence-corrected chi connectivity index (χ1v) is 23.3. The largest absolute Gasteiger partial charge is 0.438 e. The molecule has 0 unspecified atom stereocenters. The number of nitrogens with two attached hydrogens (primary N) is 1. The Morgan fingerprint density at radius 3 is 2.44 bits per heavy atom. The summed E-state index contributed by atoms with van der Waals surface area (Å²) in [6.07, 6.45) is 6.58. The van der Waals surface area contributed by atoms with Gasteiger partial charge in [-0.3, -0.25) is 23.4 Å². The van der Waals surface area contributed by atoms with Gasteiger partial charge in [0.1, 0.15) is 11.7 Å². The van der Waals surface area contributed by atoms with Crippen molar-refractivity contribution < 1.29 is 22.7 Å². The molecule has 3 aliphatic rings. The summed E-state index contributed by atoms with van der Waals surface area (Å²) in [4.78, 5) is 52.5. The molecule has 1 amide bonds. The third-order valence-electron chi connectivity index (χ3n) is 12.6. The van der Waals surface area contributed by atoms with Gasteiger partial charge in [0.2, 0.25) is 0 Å². The van der Waals surface area contributed by atoms with Crippen molar-refractivity contribution in [1.82, 2.24) is 24.2 Å². The second-order valence-corrected chi connectivity index (χ2v) is 19.9. The maximum absolute atomic E-state index is 15.3. The van der Waals surface area contributed by atoms with Crippen molar-refractivity contribution in [2.24, 2.45) is 10.7 Å². The van der Waals surface area contributed by atoms with Crippen LogP contribution in [0.1, 0.15) is 89.6 Å². The summed E-state index contributed by atoms with van der Waals surface area (Å²) < 4.78 is 50.2. The summed E-state index contributed by atoms with van der Waals surface area (Å²) in [5.41, 5.74) is 10.2. The Kier molecular flexibility index (Phi) is 10.5. The number of ether oxygens (including phenoxy) is 1. The molecule has 0 bridgehead atoms. The Balaban J connectivity index is 1.15. The van der Waals surface area contributed by atoms with Crippen LogP contribution in [0.15, 0.2) is 102 Å². The Morgan fingerprint density at radius 2 is 1.79 bits per heavy atom. The van der Waals surface area contributed by atoms with Crippen molar-refractivity contribution in [2.45, 2.75) is 82.1 Å². The molecular weight excluding hydrogens is 832 g/mol. The van der Waals surface area contributed by atoms with E-state index in [9.17, 15) is 18.2 Å². The number of benzene rings is 3. The zero-order valence-corrected chi connectivity index (χ0v) is 36.5. The number of nitrogens with zero attached hydrogens (tertiary/aromatic N) is 5. The number of aromatic nitrogens is 4. The summed E-state index contributed by atoms with van der Waals surface area (Å²) in [5.74, 6) is -0.203. The molecule has 1 saturated heterocycles. The number of aromatic amines is 1. The van der Waals surface area contributed by atoms with E-state index >= 15 is 4.79 Å². The van der Waals surface area contributed by atoms with Crippen LogP contribution in [0.5, 0.6) is 0 Å². The first kappa shape index (κ1) is 41.4. The number of H-pyrrole nitrogens is 1. The Bertz CT molecular complexity index is 3030. The smallest absolute Gasteiger partial charge is 0.402 e. The molecular formula is C45H47FN8O6S2. The van der Waals surface area contributed by atoms with E-state index in [0.29, 0.717) is 81.3 Å². The number of carbonyl (C=O) groups is 1. The SMILES string of the molecule is CC[S@@](=N)(=O)c1ccc(-n2ccn(C(=Nc3cc(C)c(F)c(C)c3)C3=C(N)CCN(C(=O)c4sc5cc(C6CCOCC6)ccc5c4C4(c5noc(=O)[nH]5)CC4)[C@H]3C)c2=O)cc1. The molecule has 0 spiro atoms. The summed E-state index contributed by atoms with van der Waals surface area (Å²) in [7, 11) is -2.97. The molecule has 2 atom stereocenters. The van der Waals surface area contributed by atoms with Gasteiger partial charge in [-0.05, 0) is 122 Å². The standard InChI is InChI=1S/C45H47FN8O6S2/c1-5-62(48,58)32-9-7-31(8-10-32)53-18-19-54(44(53)57)40(49-30-22-25(2)38(46)26(3)23-30)36-27(4)52(17-12-34(36)47)41(55)39-37(45(15-16-45)42-50-43(56)60-51-42)33-11-6-29(24-35(33)61-39)28-13-20-59-21-14-28/h6-11,18-19,22-24,27-28,48H,5,12-17,20-21,47H2,1-4H3,(H,50,51,56)/t27-,62+/m0/s1. The predicted molar refractivity (Wildman–Crippen MR) is 236 cm³/mol. The number of fused-ring (bicyclic) bond motifs is 1. The van der Waals surface area contributed by atoms with Crippen molar-refractivity contribution in [1.29, 1.82) is 4.78 Å². The third-order valence-corrected chi connectivity index (χ3v) is 15.6. The Hall–Kier alpha value is -5.91. The lowest BCUT2D eigenvalue weighted by Crippen LogP contribution is -2.48. The van der Waals surface area contributed by atoms with Gasteiger partial charge >= 0.3 is 11.4 Å². The van der Waals surface area contributed by atoms with Gasteiger partial charge in [0, 0.05) is 65.2 Å². The normalized spacial score (nSPS) is 19.3. The van der Waals surface area contributed by atoms with E-state index in [2.05, 4.69) is 28.3 Å². The second-order valence-electron chi connectivity index (χ2n) is 16.4. The van der Waals surface area contributed by atoms with Crippen LogP contribution in [0.3, 0.4) is 0 Å². The molecule has 6 aromatic rings. The molecule has 0 radical (unpaired) electrons. The highest BCUT2D eigenvalue weighted by Gasteiger charge is 2.53. The van der Waals surface area contributed by atoms with Gasteiger partial charge in [-0.15, -0.1) is 11.3 Å². The van der Waals surface area contributed by atoms with E-state index in [1.54, 1.807) is 74.5 Å². The van der Waals surface area contributed by atoms with Crippen LogP contribution in [-0.4, -0.2) is 71.7 Å². The van der Waals surface area contributed by atoms with Gasteiger partial charge in [0.15, 0.2) is 5.82 Å². The Labute approximate surface area is 360 Å². The molecule has 1 aliphatic carbocycles. The molecule has 17 heteroatoms. The van der Waals surface area contributed by atoms with Gasteiger partial charge in [0.25, 0.3) is 5.91 Å². The van der Waals surface area contributed by atoms with Crippen molar-refractivity contribution >= 4 is 48.6 Å². The number of carbonyl (C=O) groups excluding carboxylic acids is 1. The maximum atomic E-state index is 15.3. The monoisotopic (exact) mass is 878 g/mol. The van der Waals surface area contributed by atoms with Crippen LogP contribution in [0.25, 0.3) is 15.8 Å². The second kappa shape index (κ2) is 15.8. The highest BCUT2D eigenvalue weighted by atomic mass is 32.2. The van der Waals surface area contributed by atoms with Crippen molar-refractivity contribution in [3.05, 3.63) is 138 Å². The minimum atomic E-state index is -2.97. The van der Waals surface area contributed by atoms with E-state index in [1.165, 1.54) is 26.0 Å². The number of amides is 1. The summed E-state index contributed by atoms with van der Waals surface area (Å²) in [5, 5.41) is 5.04. The van der Waals surface area contributed by atoms with Crippen LogP contribution >= 0.6 is 11.3 Å². The van der Waals surface area contributed by atoms with Gasteiger partial charge < -0.3 is 15.4 Å². The maximum Gasteiger partial charge on any atom is 0.438 e. The van der Waals surface area contributed by atoms with Gasteiger partial charge in [-0.2, -0.15) is 0 Å². The predicted octanol–water partition coefficient (Wildman–Crippen LogP) is 7.41. The zero-order chi connectivity index (χ0) is 43.7. The fourth-order valence-corrected chi connectivity index (χ4v) is 11.2. The number of nitrogens with one attached hydrogen (secondary N) is 2. The number of thiophene rings is 1. The molecule has 9 rings (SSSR count). The minimum absolute atomic E-state index is 0.157. The minimum Gasteiger partial charge on any atom is -0.402 e. The lowest BCUT2D eigenvalue weighted by molar-refractivity contribution is 0.0714. The molecule has 3 aromatic heterocycles. The summed E-state index contributed by atoms with van der Waals surface area (Å²) in [6.45, 7) is 8.52. The number of aryl methyl sites for hydroxylation is 2. The van der Waals surface area contributed by atoms with E-state index in [4.69, 9.17) is 24.8 Å². The fourth-order valence-electron chi connectivity index (χ4n) is 9.00. The quantitative estimate of drug-likeness (QED) is 0.0987. The zero-order valence-electron chi connectivity index (χ0n) is 34.8. The summed E-state index contributed by atoms with van der Waals surface area (Å²) >= 11 is 1.42. The van der Waals surface area contributed by atoms with Crippen molar-refractivity contribution in [3.8, 4) is 5.69 Å². The average Bonchev–Trinajstić information content (AvgIpc) is 3.55. The molecule has 14 nitrogen and oxygen atoms in total. The molecule has 4 N–H and O–H groups in total.